The first-order valence-electron chi connectivity index (χ1n) is 4.80. The molecule has 1 unspecified atom stereocenters. The monoisotopic (exact) mass is 247 g/mol. The standard InChI is InChI=1S/C11H15Cl2NO/c1-15-8-11(13)7-14-6-9-2-4-10(12)5-3-9/h2-5,11,14H,6-8H2,1H3. The molecule has 4 heteroatoms. The highest BCUT2D eigenvalue weighted by atomic mass is 35.5. The maximum Gasteiger partial charge on any atom is 0.0694 e. The van der Waals surface area contributed by atoms with E-state index in [0.29, 0.717) is 6.61 Å². The third kappa shape index (κ3) is 5.38. The molecule has 0 saturated heterocycles. The van der Waals surface area contributed by atoms with Gasteiger partial charge in [0.05, 0.1) is 12.0 Å². The van der Waals surface area contributed by atoms with Crippen molar-refractivity contribution in [3.63, 3.8) is 0 Å². The van der Waals surface area contributed by atoms with Crippen LogP contribution in [-0.4, -0.2) is 25.6 Å². The number of methoxy groups -OCH3 is 1. The van der Waals surface area contributed by atoms with Crippen molar-refractivity contribution in [2.24, 2.45) is 0 Å². The summed E-state index contributed by atoms with van der Waals surface area (Å²) in [5.74, 6) is 0. The molecule has 84 valence electrons. The maximum atomic E-state index is 5.96. The zero-order valence-corrected chi connectivity index (χ0v) is 10.2. The number of benzene rings is 1. The Labute approximate surface area is 101 Å². The summed E-state index contributed by atoms with van der Waals surface area (Å²) in [7, 11) is 1.65. The lowest BCUT2D eigenvalue weighted by atomic mass is 10.2. The lowest BCUT2D eigenvalue weighted by molar-refractivity contribution is 0.197. The van der Waals surface area contributed by atoms with Crippen LogP contribution in [0.1, 0.15) is 5.56 Å². The van der Waals surface area contributed by atoms with Gasteiger partial charge in [-0.3, -0.25) is 0 Å². The number of ether oxygens (including phenoxy) is 1. The van der Waals surface area contributed by atoms with Crippen molar-refractivity contribution in [2.75, 3.05) is 20.3 Å². The molecule has 0 fully saturated rings. The van der Waals surface area contributed by atoms with E-state index in [1.165, 1.54) is 5.56 Å². The van der Waals surface area contributed by atoms with Gasteiger partial charge in [0.15, 0.2) is 0 Å². The molecule has 15 heavy (non-hydrogen) atoms. The summed E-state index contributed by atoms with van der Waals surface area (Å²) in [6, 6.07) is 7.75. The normalized spacial score (nSPS) is 12.7. The topological polar surface area (TPSA) is 21.3 Å². The van der Waals surface area contributed by atoms with Gasteiger partial charge in [-0.25, -0.2) is 0 Å². The third-order valence-electron chi connectivity index (χ3n) is 1.96. The molecule has 0 bridgehead atoms. The van der Waals surface area contributed by atoms with Crippen LogP contribution in [0.25, 0.3) is 0 Å². The molecular weight excluding hydrogens is 233 g/mol. The van der Waals surface area contributed by atoms with E-state index in [2.05, 4.69) is 5.32 Å². The van der Waals surface area contributed by atoms with Crippen LogP contribution in [0.2, 0.25) is 5.02 Å². The molecular formula is C11H15Cl2NO. The van der Waals surface area contributed by atoms with Crippen molar-refractivity contribution < 1.29 is 4.74 Å². The summed E-state index contributed by atoms with van der Waals surface area (Å²) in [6.45, 7) is 2.09. The van der Waals surface area contributed by atoms with Gasteiger partial charge in [-0.05, 0) is 17.7 Å². The molecule has 2 nitrogen and oxygen atoms in total. The number of hydrogen-bond donors (Lipinski definition) is 1. The molecule has 1 aromatic rings. The van der Waals surface area contributed by atoms with Gasteiger partial charge in [-0.1, -0.05) is 23.7 Å². The lowest BCUT2D eigenvalue weighted by Gasteiger charge is -2.09. The maximum absolute atomic E-state index is 5.96. The van der Waals surface area contributed by atoms with E-state index in [9.17, 15) is 0 Å². The van der Waals surface area contributed by atoms with E-state index < -0.39 is 0 Å². The van der Waals surface area contributed by atoms with Gasteiger partial charge in [0.1, 0.15) is 0 Å². The molecule has 0 spiro atoms. The Morgan fingerprint density at radius 2 is 2.00 bits per heavy atom. The molecule has 0 radical (unpaired) electrons. The summed E-state index contributed by atoms with van der Waals surface area (Å²) < 4.78 is 4.93. The SMILES string of the molecule is COCC(Cl)CNCc1ccc(Cl)cc1. The van der Waals surface area contributed by atoms with Crippen LogP contribution in [0.15, 0.2) is 24.3 Å². The Bertz CT molecular complexity index is 276. The van der Waals surface area contributed by atoms with Crippen molar-refractivity contribution in [1.29, 1.82) is 0 Å². The van der Waals surface area contributed by atoms with Crippen LogP contribution >= 0.6 is 23.2 Å². The van der Waals surface area contributed by atoms with Crippen molar-refractivity contribution in [3.05, 3.63) is 34.9 Å². The van der Waals surface area contributed by atoms with Gasteiger partial charge < -0.3 is 10.1 Å². The average molecular weight is 248 g/mol. The molecule has 0 aromatic heterocycles. The highest BCUT2D eigenvalue weighted by Crippen LogP contribution is 2.09. The van der Waals surface area contributed by atoms with Crippen molar-refractivity contribution >= 4 is 23.2 Å². The molecule has 0 aliphatic carbocycles. The highest BCUT2D eigenvalue weighted by molar-refractivity contribution is 6.30. The van der Waals surface area contributed by atoms with Crippen molar-refractivity contribution in [1.82, 2.24) is 5.32 Å². The Balaban J connectivity index is 2.22. The van der Waals surface area contributed by atoms with Crippen LogP contribution in [0, 0.1) is 0 Å². The van der Waals surface area contributed by atoms with E-state index in [4.69, 9.17) is 27.9 Å². The Hall–Kier alpha value is -0.280. The summed E-state index contributed by atoms with van der Waals surface area (Å²) in [4.78, 5) is 0. The molecule has 1 rings (SSSR count). The van der Waals surface area contributed by atoms with Crippen molar-refractivity contribution in [3.8, 4) is 0 Å². The Morgan fingerprint density at radius 3 is 2.60 bits per heavy atom. The van der Waals surface area contributed by atoms with Gasteiger partial charge in [0.2, 0.25) is 0 Å². The highest BCUT2D eigenvalue weighted by Gasteiger charge is 2.02. The largest absolute Gasteiger partial charge is 0.383 e. The predicted molar refractivity (Wildman–Crippen MR) is 64.7 cm³/mol. The number of halogens is 2. The summed E-state index contributed by atoms with van der Waals surface area (Å²) in [6.07, 6.45) is 0. The molecule has 0 aliphatic rings. The van der Waals surface area contributed by atoms with Crippen molar-refractivity contribution in [2.45, 2.75) is 11.9 Å². The summed E-state index contributed by atoms with van der Waals surface area (Å²) in [5, 5.41) is 4.02. The van der Waals surface area contributed by atoms with Gasteiger partial charge >= 0.3 is 0 Å². The molecule has 1 atom stereocenters. The minimum Gasteiger partial charge on any atom is -0.383 e. The number of hydrogen-bond acceptors (Lipinski definition) is 2. The minimum atomic E-state index is 0.0160. The van der Waals surface area contributed by atoms with E-state index in [1.807, 2.05) is 24.3 Å². The lowest BCUT2D eigenvalue weighted by Crippen LogP contribution is -2.25. The second kappa shape index (κ2) is 7.07. The van der Waals surface area contributed by atoms with Crippen LogP contribution in [0.3, 0.4) is 0 Å². The van der Waals surface area contributed by atoms with E-state index in [0.717, 1.165) is 18.1 Å². The molecule has 0 heterocycles. The molecule has 1 aromatic carbocycles. The number of nitrogens with one attached hydrogen (secondary N) is 1. The fourth-order valence-corrected chi connectivity index (χ4v) is 1.58. The molecule has 1 N–H and O–H groups in total. The summed E-state index contributed by atoms with van der Waals surface area (Å²) in [5.41, 5.74) is 1.20. The van der Waals surface area contributed by atoms with Gasteiger partial charge in [0.25, 0.3) is 0 Å². The van der Waals surface area contributed by atoms with Crippen LogP contribution in [0.5, 0.6) is 0 Å². The Kier molecular flexibility index (Phi) is 6.03. The smallest absolute Gasteiger partial charge is 0.0694 e. The van der Waals surface area contributed by atoms with Gasteiger partial charge in [-0.15, -0.1) is 11.6 Å². The van der Waals surface area contributed by atoms with E-state index >= 15 is 0 Å². The first-order chi connectivity index (χ1) is 7.22. The first-order valence-corrected chi connectivity index (χ1v) is 5.62. The van der Waals surface area contributed by atoms with E-state index in [1.54, 1.807) is 7.11 Å². The fraction of sp³-hybridized carbons (Fsp3) is 0.455. The zero-order chi connectivity index (χ0) is 11.1. The average Bonchev–Trinajstić information content (AvgIpc) is 2.21. The van der Waals surface area contributed by atoms with Crippen LogP contribution in [-0.2, 0) is 11.3 Å². The zero-order valence-electron chi connectivity index (χ0n) is 8.67. The number of alkyl halides is 1. The fourth-order valence-electron chi connectivity index (χ4n) is 1.22. The first kappa shape index (κ1) is 12.8. The third-order valence-corrected chi connectivity index (χ3v) is 2.49. The second-order valence-electron chi connectivity index (χ2n) is 3.31. The van der Waals surface area contributed by atoms with E-state index in [-0.39, 0.29) is 5.38 Å². The van der Waals surface area contributed by atoms with Crippen LogP contribution < -0.4 is 5.32 Å². The molecule has 0 saturated carbocycles. The Morgan fingerprint density at radius 1 is 1.33 bits per heavy atom. The summed E-state index contributed by atoms with van der Waals surface area (Å²) >= 11 is 11.7. The number of rotatable bonds is 6. The predicted octanol–water partition coefficient (Wildman–Crippen LogP) is 2.68. The quantitative estimate of drug-likeness (QED) is 0.781. The molecule has 0 amide bonds. The minimum absolute atomic E-state index is 0.0160. The van der Waals surface area contributed by atoms with Gasteiger partial charge in [-0.2, -0.15) is 0 Å². The second-order valence-corrected chi connectivity index (χ2v) is 4.36. The van der Waals surface area contributed by atoms with Crippen LogP contribution in [0.4, 0.5) is 0 Å². The van der Waals surface area contributed by atoms with Gasteiger partial charge in [0, 0.05) is 25.2 Å². The molecule has 0 aliphatic heterocycles.